The number of hydrogen-bond donors (Lipinski definition) is 1. The summed E-state index contributed by atoms with van der Waals surface area (Å²) in [5, 5.41) is 3.58. The molecule has 1 rings (SSSR count). The number of nitrogens with one attached hydrogen (secondary N) is 1. The number of carbonyl (C=O) groups excluding carboxylic acids is 2. The Kier molecular flexibility index (Phi) is 6.99. The van der Waals surface area contributed by atoms with Crippen molar-refractivity contribution in [2.45, 2.75) is 32.7 Å². The largest absolute Gasteiger partial charge is 0.467 e. The lowest BCUT2D eigenvalue weighted by Crippen LogP contribution is -2.43. The van der Waals surface area contributed by atoms with Gasteiger partial charge in [0.1, 0.15) is 6.04 Å². The summed E-state index contributed by atoms with van der Waals surface area (Å²) in [5.74, 6) is -0.529. The molecule has 0 aliphatic carbocycles. The van der Waals surface area contributed by atoms with Gasteiger partial charge in [0, 0.05) is 22.9 Å². The maximum absolute atomic E-state index is 11.9. The van der Waals surface area contributed by atoms with Crippen molar-refractivity contribution in [3.63, 3.8) is 0 Å². The van der Waals surface area contributed by atoms with Gasteiger partial charge in [-0.25, -0.2) is 4.79 Å². The van der Waals surface area contributed by atoms with Gasteiger partial charge in [-0.15, -0.1) is 0 Å². The number of esters is 1. The molecule has 4 nitrogen and oxygen atoms in total. The van der Waals surface area contributed by atoms with E-state index in [0.29, 0.717) is 22.0 Å². The molecule has 0 unspecified atom stereocenters. The van der Waals surface area contributed by atoms with Crippen molar-refractivity contribution in [1.82, 2.24) is 5.32 Å². The first-order chi connectivity index (χ1) is 9.85. The predicted octanol–water partition coefficient (Wildman–Crippen LogP) is 3.24. The van der Waals surface area contributed by atoms with Crippen LogP contribution in [0.1, 0.15) is 25.8 Å². The first-order valence-corrected chi connectivity index (χ1v) is 7.40. The van der Waals surface area contributed by atoms with E-state index < -0.39 is 12.0 Å². The van der Waals surface area contributed by atoms with E-state index in [2.05, 4.69) is 5.32 Å². The average molecular weight is 332 g/mol. The molecule has 0 radical (unpaired) electrons. The summed E-state index contributed by atoms with van der Waals surface area (Å²) in [4.78, 5) is 23.7. The van der Waals surface area contributed by atoms with Crippen LogP contribution in [0, 0.1) is 5.92 Å². The summed E-state index contributed by atoms with van der Waals surface area (Å²) in [6.45, 7) is 3.86. The number of methoxy groups -OCH3 is 1. The molecule has 0 aliphatic heterocycles. The number of benzene rings is 1. The fraction of sp³-hybridized carbons (Fsp3) is 0.467. The molecular weight excluding hydrogens is 313 g/mol. The van der Waals surface area contributed by atoms with E-state index in [1.807, 2.05) is 13.8 Å². The summed E-state index contributed by atoms with van der Waals surface area (Å²) in [5.41, 5.74) is 0.612. The van der Waals surface area contributed by atoms with E-state index in [1.165, 1.54) is 7.11 Å². The van der Waals surface area contributed by atoms with Crippen molar-refractivity contribution in [3.05, 3.63) is 33.8 Å². The van der Waals surface area contributed by atoms with Crippen LogP contribution in [0.2, 0.25) is 10.0 Å². The van der Waals surface area contributed by atoms with Gasteiger partial charge in [0.05, 0.1) is 7.11 Å². The molecule has 0 saturated heterocycles. The second kappa shape index (κ2) is 8.25. The molecule has 0 bridgehead atoms. The van der Waals surface area contributed by atoms with Crippen molar-refractivity contribution in [2.24, 2.45) is 5.92 Å². The molecule has 1 amide bonds. The van der Waals surface area contributed by atoms with Crippen LogP contribution in [0.25, 0.3) is 0 Å². The zero-order valence-electron chi connectivity index (χ0n) is 12.3. The van der Waals surface area contributed by atoms with Crippen LogP contribution in [0.4, 0.5) is 0 Å². The van der Waals surface area contributed by atoms with Crippen LogP contribution in [0.3, 0.4) is 0 Å². The lowest BCUT2D eigenvalue weighted by atomic mass is 10.0. The molecule has 116 valence electrons. The fourth-order valence-corrected chi connectivity index (χ4v) is 2.44. The lowest BCUT2D eigenvalue weighted by Gasteiger charge is -2.18. The molecule has 0 aliphatic rings. The van der Waals surface area contributed by atoms with Crippen LogP contribution in [0.5, 0.6) is 0 Å². The lowest BCUT2D eigenvalue weighted by molar-refractivity contribution is -0.145. The van der Waals surface area contributed by atoms with E-state index in [4.69, 9.17) is 27.9 Å². The number of hydrogen-bond acceptors (Lipinski definition) is 3. The molecule has 1 atom stereocenters. The number of halogens is 2. The third-order valence-electron chi connectivity index (χ3n) is 2.88. The predicted molar refractivity (Wildman–Crippen MR) is 83.6 cm³/mol. The molecule has 6 heteroatoms. The normalized spacial score (nSPS) is 12.1. The maximum Gasteiger partial charge on any atom is 0.328 e. The van der Waals surface area contributed by atoms with E-state index in [0.717, 1.165) is 0 Å². The summed E-state index contributed by atoms with van der Waals surface area (Å²) >= 11 is 12.2. The highest BCUT2D eigenvalue weighted by molar-refractivity contribution is 6.36. The van der Waals surface area contributed by atoms with Crippen LogP contribution < -0.4 is 5.32 Å². The molecule has 0 aromatic heterocycles. The Morgan fingerprint density at radius 1 is 1.24 bits per heavy atom. The zero-order valence-corrected chi connectivity index (χ0v) is 13.8. The first kappa shape index (κ1) is 17.8. The molecule has 0 fully saturated rings. The van der Waals surface area contributed by atoms with Crippen molar-refractivity contribution in [3.8, 4) is 0 Å². The van der Waals surface area contributed by atoms with E-state index in [-0.39, 0.29) is 18.2 Å². The Labute approximate surface area is 134 Å². The minimum Gasteiger partial charge on any atom is -0.467 e. The Hall–Kier alpha value is -1.26. The van der Waals surface area contributed by atoms with Gasteiger partial charge < -0.3 is 10.1 Å². The van der Waals surface area contributed by atoms with Crippen molar-refractivity contribution in [1.29, 1.82) is 0 Å². The highest BCUT2D eigenvalue weighted by Gasteiger charge is 2.24. The first-order valence-electron chi connectivity index (χ1n) is 6.65. The summed E-state index contributed by atoms with van der Waals surface area (Å²) in [6, 6.07) is 4.29. The number of amides is 1. The van der Waals surface area contributed by atoms with Crippen LogP contribution in [-0.4, -0.2) is 25.0 Å². The van der Waals surface area contributed by atoms with Crippen LogP contribution >= 0.6 is 23.2 Å². The van der Waals surface area contributed by atoms with Gasteiger partial charge in [-0.1, -0.05) is 43.1 Å². The molecule has 0 saturated carbocycles. The van der Waals surface area contributed by atoms with Crippen molar-refractivity contribution < 1.29 is 14.3 Å². The smallest absolute Gasteiger partial charge is 0.328 e. The Morgan fingerprint density at radius 3 is 2.29 bits per heavy atom. The van der Waals surface area contributed by atoms with Gasteiger partial charge in [-0.2, -0.15) is 0 Å². The summed E-state index contributed by atoms with van der Waals surface area (Å²) < 4.78 is 4.73. The van der Waals surface area contributed by atoms with Crippen LogP contribution in [-0.2, 0) is 20.7 Å². The minimum atomic E-state index is -0.807. The number of rotatable bonds is 6. The van der Waals surface area contributed by atoms with E-state index in [1.54, 1.807) is 18.2 Å². The van der Waals surface area contributed by atoms with Gasteiger partial charge in [0.15, 0.2) is 0 Å². The standard InChI is InChI=1S/C15H19Cl2NO3/c1-9(2)7-14(19)18-13(15(20)21-3)8-10-11(16)5-4-6-12(10)17/h4-6,9,13H,7-8H2,1-3H3,(H,18,19)/t13-/m1/s1. The average Bonchev–Trinajstić information content (AvgIpc) is 2.40. The highest BCUT2D eigenvalue weighted by Crippen LogP contribution is 2.25. The van der Waals surface area contributed by atoms with E-state index >= 15 is 0 Å². The molecule has 1 aromatic carbocycles. The SMILES string of the molecule is COC(=O)[C@@H](Cc1c(Cl)cccc1Cl)NC(=O)CC(C)C. The second-order valence-corrected chi connectivity index (χ2v) is 5.96. The Bertz CT molecular complexity index is 497. The summed E-state index contributed by atoms with van der Waals surface area (Å²) in [7, 11) is 1.28. The van der Waals surface area contributed by atoms with Crippen molar-refractivity contribution in [2.75, 3.05) is 7.11 Å². The van der Waals surface area contributed by atoms with Gasteiger partial charge >= 0.3 is 5.97 Å². The van der Waals surface area contributed by atoms with Crippen LogP contribution in [0.15, 0.2) is 18.2 Å². The summed E-state index contributed by atoms with van der Waals surface area (Å²) in [6.07, 6.45) is 0.527. The van der Waals surface area contributed by atoms with Gasteiger partial charge in [0.25, 0.3) is 0 Å². The number of carbonyl (C=O) groups is 2. The van der Waals surface area contributed by atoms with E-state index in [9.17, 15) is 9.59 Å². The molecular formula is C15H19Cl2NO3. The molecule has 1 aromatic rings. The van der Waals surface area contributed by atoms with Gasteiger partial charge in [-0.3, -0.25) is 4.79 Å². The molecule has 21 heavy (non-hydrogen) atoms. The Morgan fingerprint density at radius 2 is 1.81 bits per heavy atom. The van der Waals surface area contributed by atoms with Gasteiger partial charge in [0.2, 0.25) is 5.91 Å². The molecule has 0 spiro atoms. The molecule has 0 heterocycles. The topological polar surface area (TPSA) is 55.4 Å². The Balaban J connectivity index is 2.89. The quantitative estimate of drug-likeness (QED) is 0.814. The second-order valence-electron chi connectivity index (χ2n) is 5.15. The monoisotopic (exact) mass is 331 g/mol. The third-order valence-corrected chi connectivity index (χ3v) is 3.59. The molecule has 1 N–H and O–H groups in total. The number of ether oxygens (including phenoxy) is 1. The third kappa shape index (κ3) is 5.56. The highest BCUT2D eigenvalue weighted by atomic mass is 35.5. The maximum atomic E-state index is 11.9. The van der Waals surface area contributed by atoms with Crippen molar-refractivity contribution >= 4 is 35.1 Å². The zero-order chi connectivity index (χ0) is 16.0. The minimum absolute atomic E-state index is 0.189. The fourth-order valence-electron chi connectivity index (χ4n) is 1.89. The van der Waals surface area contributed by atoms with Gasteiger partial charge in [-0.05, 0) is 23.6 Å².